The van der Waals surface area contributed by atoms with E-state index in [1.807, 2.05) is 24.3 Å². The van der Waals surface area contributed by atoms with Crippen LogP contribution in [0.25, 0.3) is 0 Å². The molecule has 0 spiro atoms. The number of nitrogens with zero attached hydrogens (tertiary/aromatic N) is 1. The Labute approximate surface area is 180 Å². The van der Waals surface area contributed by atoms with Gasteiger partial charge in [-0.05, 0) is 41.7 Å². The number of rotatable bonds is 4. The van der Waals surface area contributed by atoms with Crippen molar-refractivity contribution in [2.75, 3.05) is 46.1 Å². The summed E-state index contributed by atoms with van der Waals surface area (Å²) < 4.78 is 17.1. The average Bonchev–Trinajstić information content (AvgIpc) is 2.78. The predicted molar refractivity (Wildman–Crippen MR) is 121 cm³/mol. The summed E-state index contributed by atoms with van der Waals surface area (Å²) in [6, 6.07) is 16.8. The van der Waals surface area contributed by atoms with Crippen LogP contribution in [0.15, 0.2) is 48.5 Å². The summed E-state index contributed by atoms with van der Waals surface area (Å²) in [4.78, 5) is 2.46. The summed E-state index contributed by atoms with van der Waals surface area (Å²) in [5, 5.41) is 0. The highest BCUT2D eigenvalue weighted by molar-refractivity contribution is 6.61. The molecule has 2 aromatic carbocycles. The van der Waals surface area contributed by atoms with Crippen LogP contribution in [0.2, 0.25) is 0 Å². The van der Waals surface area contributed by atoms with Gasteiger partial charge in [0.15, 0.2) is 0 Å². The van der Waals surface area contributed by atoms with Gasteiger partial charge in [-0.2, -0.15) is 0 Å². The van der Waals surface area contributed by atoms with Crippen molar-refractivity contribution in [1.29, 1.82) is 0 Å². The molecule has 0 radical (unpaired) electrons. The minimum absolute atomic E-state index is 0.0833. The standard InChI is InChI=1S/C25H30BNO3/c1-25(2)19-29-26(30-20-25)24-11-9-22(10-12-24)4-3-21-5-7-23(8-6-21)13-14-27-15-17-28-18-16-27/h5-12H,13-20H2,1-2H3. The zero-order valence-corrected chi connectivity index (χ0v) is 18.0. The summed E-state index contributed by atoms with van der Waals surface area (Å²) in [7, 11) is -0.273. The van der Waals surface area contributed by atoms with Crippen LogP contribution in [-0.2, 0) is 20.5 Å². The van der Waals surface area contributed by atoms with Gasteiger partial charge in [0.1, 0.15) is 0 Å². The van der Waals surface area contributed by atoms with Gasteiger partial charge in [-0.1, -0.05) is 50.0 Å². The van der Waals surface area contributed by atoms with E-state index in [1.54, 1.807) is 0 Å². The van der Waals surface area contributed by atoms with Crippen molar-refractivity contribution in [3.05, 3.63) is 65.2 Å². The van der Waals surface area contributed by atoms with Gasteiger partial charge in [0.05, 0.1) is 13.2 Å². The van der Waals surface area contributed by atoms with Crippen LogP contribution in [0.3, 0.4) is 0 Å². The first kappa shape index (κ1) is 21.1. The Balaban J connectivity index is 1.30. The summed E-state index contributed by atoms with van der Waals surface area (Å²) >= 11 is 0. The molecule has 5 heteroatoms. The van der Waals surface area contributed by atoms with Crippen molar-refractivity contribution in [1.82, 2.24) is 4.90 Å². The maximum atomic E-state index is 5.85. The Morgan fingerprint density at radius 3 is 2.03 bits per heavy atom. The van der Waals surface area contributed by atoms with Crippen LogP contribution >= 0.6 is 0 Å². The van der Waals surface area contributed by atoms with Crippen molar-refractivity contribution in [2.24, 2.45) is 5.41 Å². The van der Waals surface area contributed by atoms with Crippen molar-refractivity contribution in [3.63, 3.8) is 0 Å². The van der Waals surface area contributed by atoms with E-state index in [1.165, 1.54) is 5.56 Å². The zero-order chi connectivity index (χ0) is 20.8. The topological polar surface area (TPSA) is 30.9 Å². The Kier molecular flexibility index (Phi) is 6.91. The minimum Gasteiger partial charge on any atom is -0.407 e. The molecule has 2 saturated heterocycles. The molecule has 0 aliphatic carbocycles. The van der Waals surface area contributed by atoms with Gasteiger partial charge < -0.3 is 14.0 Å². The lowest BCUT2D eigenvalue weighted by atomic mass is 9.76. The second-order valence-corrected chi connectivity index (χ2v) is 8.89. The average molecular weight is 403 g/mol. The van der Waals surface area contributed by atoms with Crippen LogP contribution in [0.5, 0.6) is 0 Å². The van der Waals surface area contributed by atoms with Gasteiger partial charge in [0.25, 0.3) is 0 Å². The number of benzene rings is 2. The molecule has 2 aliphatic rings. The molecule has 2 fully saturated rings. The highest BCUT2D eigenvalue weighted by atomic mass is 16.6. The van der Waals surface area contributed by atoms with E-state index in [0.29, 0.717) is 13.2 Å². The van der Waals surface area contributed by atoms with Gasteiger partial charge in [0.2, 0.25) is 0 Å². The fourth-order valence-corrected chi connectivity index (χ4v) is 3.62. The summed E-state index contributed by atoms with van der Waals surface area (Å²) in [6.45, 7) is 10.6. The van der Waals surface area contributed by atoms with Crippen LogP contribution in [0, 0.1) is 17.3 Å². The van der Waals surface area contributed by atoms with Gasteiger partial charge >= 0.3 is 7.12 Å². The van der Waals surface area contributed by atoms with Crippen LogP contribution in [0.4, 0.5) is 0 Å². The molecule has 2 heterocycles. The summed E-state index contributed by atoms with van der Waals surface area (Å²) in [5.74, 6) is 6.52. The first-order valence-electron chi connectivity index (χ1n) is 10.8. The van der Waals surface area contributed by atoms with Crippen molar-refractivity contribution >= 4 is 12.6 Å². The molecule has 2 aliphatic heterocycles. The van der Waals surface area contributed by atoms with Gasteiger partial charge in [-0.25, -0.2) is 0 Å². The van der Waals surface area contributed by atoms with Gasteiger partial charge in [-0.15, -0.1) is 0 Å². The first-order valence-corrected chi connectivity index (χ1v) is 10.8. The summed E-state index contributed by atoms with van der Waals surface area (Å²) in [5.41, 5.74) is 4.51. The SMILES string of the molecule is CC1(C)COB(c2ccc(C#Cc3ccc(CCN4CCOCC4)cc3)cc2)OC1. The molecule has 4 nitrogen and oxygen atoms in total. The van der Waals surface area contributed by atoms with Gasteiger partial charge in [0, 0.05) is 49.4 Å². The Hall–Kier alpha value is -2.10. The Morgan fingerprint density at radius 1 is 0.867 bits per heavy atom. The number of hydrogen-bond donors (Lipinski definition) is 0. The number of morpholine rings is 1. The second kappa shape index (κ2) is 9.81. The van der Waals surface area contributed by atoms with E-state index in [4.69, 9.17) is 14.0 Å². The lowest BCUT2D eigenvalue weighted by molar-refractivity contribution is 0.0343. The molecule has 0 bridgehead atoms. The number of ether oxygens (including phenoxy) is 1. The third kappa shape index (κ3) is 5.96. The predicted octanol–water partition coefficient (Wildman–Crippen LogP) is 2.73. The van der Waals surface area contributed by atoms with Gasteiger partial charge in [-0.3, -0.25) is 4.90 Å². The van der Waals surface area contributed by atoms with Crippen molar-refractivity contribution in [3.8, 4) is 11.8 Å². The fourth-order valence-electron chi connectivity index (χ4n) is 3.62. The molecular weight excluding hydrogens is 373 g/mol. The summed E-state index contributed by atoms with van der Waals surface area (Å²) in [6.07, 6.45) is 1.07. The number of hydrogen-bond acceptors (Lipinski definition) is 4. The molecule has 156 valence electrons. The molecule has 30 heavy (non-hydrogen) atoms. The van der Waals surface area contributed by atoms with Crippen molar-refractivity contribution in [2.45, 2.75) is 20.3 Å². The molecule has 0 atom stereocenters. The van der Waals surface area contributed by atoms with Crippen LogP contribution in [0.1, 0.15) is 30.5 Å². The normalized spacial score (nSPS) is 19.2. The smallest absolute Gasteiger partial charge is 0.407 e. The highest BCUT2D eigenvalue weighted by Gasteiger charge is 2.33. The van der Waals surface area contributed by atoms with Crippen molar-refractivity contribution < 1.29 is 14.0 Å². The zero-order valence-electron chi connectivity index (χ0n) is 18.0. The van der Waals surface area contributed by atoms with E-state index in [9.17, 15) is 0 Å². The van der Waals surface area contributed by atoms with Crippen LogP contribution in [-0.4, -0.2) is 58.1 Å². The molecular formula is C25H30BNO3. The highest BCUT2D eigenvalue weighted by Crippen LogP contribution is 2.21. The van der Waals surface area contributed by atoms with E-state index < -0.39 is 0 Å². The molecule has 0 N–H and O–H groups in total. The lowest BCUT2D eigenvalue weighted by Crippen LogP contribution is -2.47. The Bertz CT molecular complexity index is 867. The van der Waals surface area contributed by atoms with E-state index in [0.717, 1.165) is 55.9 Å². The molecule has 0 aromatic heterocycles. The van der Waals surface area contributed by atoms with Crippen LogP contribution < -0.4 is 5.46 Å². The molecule has 2 aromatic rings. The van der Waals surface area contributed by atoms with E-state index in [2.05, 4.69) is 54.9 Å². The second-order valence-electron chi connectivity index (χ2n) is 8.89. The first-order chi connectivity index (χ1) is 14.6. The Morgan fingerprint density at radius 2 is 1.43 bits per heavy atom. The molecule has 0 saturated carbocycles. The third-order valence-electron chi connectivity index (χ3n) is 5.56. The third-order valence-corrected chi connectivity index (χ3v) is 5.56. The maximum absolute atomic E-state index is 5.85. The lowest BCUT2D eigenvalue weighted by Gasteiger charge is -2.33. The molecule has 0 unspecified atom stereocenters. The minimum atomic E-state index is -0.273. The molecule has 4 rings (SSSR count). The fraction of sp³-hybridized carbons (Fsp3) is 0.440. The quantitative estimate of drug-likeness (QED) is 0.581. The monoisotopic (exact) mass is 403 g/mol. The van der Waals surface area contributed by atoms with E-state index in [-0.39, 0.29) is 12.5 Å². The maximum Gasteiger partial charge on any atom is 0.493 e. The van der Waals surface area contributed by atoms with E-state index >= 15 is 0 Å². The largest absolute Gasteiger partial charge is 0.493 e. The molecule has 0 amide bonds.